The van der Waals surface area contributed by atoms with E-state index >= 15 is 0 Å². The maximum atomic E-state index is 5.85. The highest BCUT2D eigenvalue weighted by Gasteiger charge is 2.30. The van der Waals surface area contributed by atoms with Crippen LogP contribution < -0.4 is 5.73 Å². The van der Waals surface area contributed by atoms with Crippen LogP contribution in [0, 0.1) is 5.92 Å². The molecule has 1 fully saturated rings. The second-order valence-electron chi connectivity index (χ2n) is 2.69. The fourth-order valence-electron chi connectivity index (χ4n) is 1.01. The summed E-state index contributed by atoms with van der Waals surface area (Å²) in [5, 5.41) is 5.85. The van der Waals surface area contributed by atoms with Crippen LogP contribution in [0.15, 0.2) is 5.38 Å². The van der Waals surface area contributed by atoms with Gasteiger partial charge in [0.1, 0.15) is 0 Å². The van der Waals surface area contributed by atoms with Gasteiger partial charge in [0.15, 0.2) is 0 Å². The molecule has 10 heavy (non-hydrogen) atoms. The number of nitrogens with two attached hydrogens (primary N) is 1. The van der Waals surface area contributed by atoms with Crippen molar-refractivity contribution in [3.05, 3.63) is 11.1 Å². The van der Waals surface area contributed by atoms with E-state index < -0.39 is 0 Å². The lowest BCUT2D eigenvalue weighted by Gasteiger charge is -2.03. The minimum atomic E-state index is 0.152. The van der Waals surface area contributed by atoms with Gasteiger partial charge < -0.3 is 5.73 Å². The highest BCUT2D eigenvalue weighted by Crippen LogP contribution is 2.38. The van der Waals surface area contributed by atoms with Crippen molar-refractivity contribution in [3.63, 3.8) is 0 Å². The molecule has 2 rings (SSSR count). The predicted octanol–water partition coefficient (Wildman–Crippen LogP) is 0.948. The van der Waals surface area contributed by atoms with E-state index in [-0.39, 0.29) is 6.04 Å². The van der Waals surface area contributed by atoms with E-state index in [1.807, 2.05) is 5.38 Å². The summed E-state index contributed by atoms with van der Waals surface area (Å²) in [7, 11) is 0. The molecule has 0 spiro atoms. The largest absolute Gasteiger partial charge is 0.322 e. The van der Waals surface area contributed by atoms with Gasteiger partial charge in [0.2, 0.25) is 0 Å². The molecular formula is C6H9N3S. The molecule has 0 radical (unpaired) electrons. The van der Waals surface area contributed by atoms with E-state index in [1.54, 1.807) is 0 Å². The molecule has 1 aromatic rings. The van der Waals surface area contributed by atoms with E-state index in [2.05, 4.69) is 9.59 Å². The highest BCUT2D eigenvalue weighted by molar-refractivity contribution is 7.03. The van der Waals surface area contributed by atoms with Gasteiger partial charge in [-0.2, -0.15) is 0 Å². The summed E-state index contributed by atoms with van der Waals surface area (Å²) in [5.41, 5.74) is 6.81. The Hall–Kier alpha value is -0.480. The molecule has 4 heteroatoms. The third-order valence-corrected chi connectivity index (χ3v) is 2.37. The predicted molar refractivity (Wildman–Crippen MR) is 39.6 cm³/mol. The monoisotopic (exact) mass is 155 g/mol. The first-order valence-corrected chi connectivity index (χ1v) is 4.24. The topological polar surface area (TPSA) is 51.8 Å². The molecule has 1 aliphatic rings. The smallest absolute Gasteiger partial charge is 0.0925 e. The van der Waals surface area contributed by atoms with Crippen LogP contribution in [-0.2, 0) is 0 Å². The average molecular weight is 155 g/mol. The summed E-state index contributed by atoms with van der Waals surface area (Å²) in [6, 6.07) is 0.152. The van der Waals surface area contributed by atoms with Crippen molar-refractivity contribution in [2.24, 2.45) is 11.7 Å². The molecule has 1 aromatic heterocycles. The SMILES string of the molecule is NC(c1csnn1)C1CC1. The van der Waals surface area contributed by atoms with Crippen LogP contribution in [0.4, 0.5) is 0 Å². The lowest BCUT2D eigenvalue weighted by molar-refractivity contribution is 0.612. The Labute approximate surface area is 63.4 Å². The molecule has 1 aliphatic carbocycles. The molecule has 0 bridgehead atoms. The number of aromatic nitrogens is 2. The first-order chi connectivity index (χ1) is 4.88. The van der Waals surface area contributed by atoms with Crippen molar-refractivity contribution in [1.29, 1.82) is 0 Å². The van der Waals surface area contributed by atoms with Gasteiger partial charge in [0.05, 0.1) is 11.7 Å². The van der Waals surface area contributed by atoms with Crippen molar-refractivity contribution < 1.29 is 0 Å². The van der Waals surface area contributed by atoms with Crippen molar-refractivity contribution in [2.75, 3.05) is 0 Å². The normalized spacial score (nSPS) is 20.9. The third-order valence-electron chi connectivity index (χ3n) is 1.85. The molecule has 0 aliphatic heterocycles. The zero-order chi connectivity index (χ0) is 6.97. The quantitative estimate of drug-likeness (QED) is 0.691. The molecule has 1 saturated carbocycles. The van der Waals surface area contributed by atoms with Crippen LogP contribution in [0.2, 0.25) is 0 Å². The maximum absolute atomic E-state index is 5.85. The van der Waals surface area contributed by atoms with Crippen LogP contribution in [0.5, 0.6) is 0 Å². The summed E-state index contributed by atoms with van der Waals surface area (Å²) < 4.78 is 3.77. The minimum absolute atomic E-state index is 0.152. The van der Waals surface area contributed by atoms with E-state index in [0.29, 0.717) is 5.92 Å². The zero-order valence-corrected chi connectivity index (χ0v) is 6.34. The molecule has 0 saturated heterocycles. The molecule has 0 aromatic carbocycles. The van der Waals surface area contributed by atoms with Crippen LogP contribution in [0.3, 0.4) is 0 Å². The van der Waals surface area contributed by atoms with Crippen molar-refractivity contribution in [3.8, 4) is 0 Å². The fraction of sp³-hybridized carbons (Fsp3) is 0.667. The van der Waals surface area contributed by atoms with Crippen LogP contribution >= 0.6 is 11.5 Å². The van der Waals surface area contributed by atoms with Gasteiger partial charge in [0.25, 0.3) is 0 Å². The molecule has 0 amide bonds. The number of nitrogens with zero attached hydrogens (tertiary/aromatic N) is 2. The summed E-state index contributed by atoms with van der Waals surface area (Å²) in [6.07, 6.45) is 2.53. The Morgan fingerprint density at radius 2 is 2.50 bits per heavy atom. The minimum Gasteiger partial charge on any atom is -0.322 e. The fourth-order valence-corrected chi connectivity index (χ4v) is 1.51. The van der Waals surface area contributed by atoms with E-state index in [0.717, 1.165) is 5.69 Å². The second-order valence-corrected chi connectivity index (χ2v) is 3.30. The van der Waals surface area contributed by atoms with Gasteiger partial charge in [-0.05, 0) is 30.3 Å². The molecule has 1 unspecified atom stereocenters. The summed E-state index contributed by atoms with van der Waals surface area (Å²) in [4.78, 5) is 0. The van der Waals surface area contributed by atoms with Gasteiger partial charge >= 0.3 is 0 Å². The molecular weight excluding hydrogens is 146 g/mol. The van der Waals surface area contributed by atoms with Gasteiger partial charge in [-0.25, -0.2) is 0 Å². The van der Waals surface area contributed by atoms with Gasteiger partial charge in [-0.15, -0.1) is 5.10 Å². The molecule has 54 valence electrons. The Morgan fingerprint density at radius 1 is 1.70 bits per heavy atom. The lowest BCUT2D eigenvalue weighted by Crippen LogP contribution is -2.12. The first kappa shape index (κ1) is 6.24. The Balaban J connectivity index is 2.11. The van der Waals surface area contributed by atoms with E-state index in [4.69, 9.17) is 5.73 Å². The van der Waals surface area contributed by atoms with Crippen LogP contribution in [0.25, 0.3) is 0 Å². The van der Waals surface area contributed by atoms with E-state index in [9.17, 15) is 0 Å². The van der Waals surface area contributed by atoms with Gasteiger partial charge in [0, 0.05) is 5.38 Å². The van der Waals surface area contributed by atoms with Crippen LogP contribution in [0.1, 0.15) is 24.6 Å². The standard InChI is InChI=1S/C6H9N3S/c7-6(4-1-2-4)5-3-10-9-8-5/h3-4,6H,1-2,7H2. The number of hydrogen-bond acceptors (Lipinski definition) is 4. The molecule has 3 nitrogen and oxygen atoms in total. The maximum Gasteiger partial charge on any atom is 0.0925 e. The van der Waals surface area contributed by atoms with Crippen molar-refractivity contribution in [1.82, 2.24) is 9.59 Å². The number of rotatable bonds is 2. The second kappa shape index (κ2) is 2.29. The average Bonchev–Trinajstić information content (AvgIpc) is 2.65. The van der Waals surface area contributed by atoms with Gasteiger partial charge in [-0.1, -0.05) is 4.49 Å². The summed E-state index contributed by atoms with van der Waals surface area (Å²) in [5.74, 6) is 0.684. The third kappa shape index (κ3) is 1.04. The molecule has 1 atom stereocenters. The van der Waals surface area contributed by atoms with Crippen molar-refractivity contribution >= 4 is 11.5 Å². The first-order valence-electron chi connectivity index (χ1n) is 3.40. The Kier molecular flexibility index (Phi) is 1.43. The lowest BCUT2D eigenvalue weighted by atomic mass is 10.1. The summed E-state index contributed by atoms with van der Waals surface area (Å²) >= 11 is 1.37. The molecule has 1 heterocycles. The Bertz CT molecular complexity index is 205. The highest BCUT2D eigenvalue weighted by atomic mass is 32.1. The summed E-state index contributed by atoms with van der Waals surface area (Å²) in [6.45, 7) is 0. The number of hydrogen-bond donors (Lipinski definition) is 1. The van der Waals surface area contributed by atoms with Gasteiger partial charge in [-0.3, -0.25) is 0 Å². The van der Waals surface area contributed by atoms with Crippen molar-refractivity contribution in [2.45, 2.75) is 18.9 Å². The zero-order valence-electron chi connectivity index (χ0n) is 5.53. The molecule has 2 N–H and O–H groups in total. The van der Waals surface area contributed by atoms with Crippen LogP contribution in [-0.4, -0.2) is 9.59 Å². The van der Waals surface area contributed by atoms with E-state index in [1.165, 1.54) is 24.4 Å². The Morgan fingerprint density at radius 3 is 3.00 bits per heavy atom.